The van der Waals surface area contributed by atoms with Gasteiger partial charge in [-0.25, -0.2) is 4.39 Å². The summed E-state index contributed by atoms with van der Waals surface area (Å²) in [5.41, 5.74) is 0.647. The minimum atomic E-state index is -0.193. The molecule has 0 amide bonds. The van der Waals surface area contributed by atoms with Crippen LogP contribution in [0.1, 0.15) is 33.3 Å². The second-order valence-corrected chi connectivity index (χ2v) is 6.37. The molecular formula is C16H25ClFN. The van der Waals surface area contributed by atoms with Crippen molar-refractivity contribution in [2.75, 3.05) is 13.1 Å². The smallest absolute Gasteiger partial charge is 0.127 e. The van der Waals surface area contributed by atoms with Crippen molar-refractivity contribution in [1.29, 1.82) is 0 Å². The van der Waals surface area contributed by atoms with Crippen molar-refractivity contribution in [3.05, 3.63) is 34.6 Å². The summed E-state index contributed by atoms with van der Waals surface area (Å²) < 4.78 is 13.8. The number of hydrogen-bond acceptors (Lipinski definition) is 1. The van der Waals surface area contributed by atoms with Gasteiger partial charge in [0.2, 0.25) is 0 Å². The lowest BCUT2D eigenvalue weighted by molar-refractivity contribution is 0.349. The van der Waals surface area contributed by atoms with Crippen LogP contribution < -0.4 is 5.32 Å². The average Bonchev–Trinajstić information content (AvgIpc) is 2.31. The first-order valence-electron chi connectivity index (χ1n) is 7.05. The van der Waals surface area contributed by atoms with Gasteiger partial charge in [-0.2, -0.15) is 0 Å². The molecule has 19 heavy (non-hydrogen) atoms. The number of benzene rings is 1. The second kappa shape index (κ2) is 7.86. The molecule has 0 radical (unpaired) electrons. The monoisotopic (exact) mass is 285 g/mol. The molecule has 1 nitrogen and oxygen atoms in total. The molecule has 1 unspecified atom stereocenters. The fraction of sp³-hybridized carbons (Fsp3) is 0.625. The van der Waals surface area contributed by atoms with Gasteiger partial charge in [0.05, 0.1) is 0 Å². The largest absolute Gasteiger partial charge is 0.316 e. The van der Waals surface area contributed by atoms with E-state index in [4.69, 9.17) is 11.6 Å². The molecule has 0 fully saturated rings. The molecule has 0 aromatic heterocycles. The van der Waals surface area contributed by atoms with E-state index in [0.29, 0.717) is 34.8 Å². The lowest BCUT2D eigenvalue weighted by Gasteiger charge is -2.23. The van der Waals surface area contributed by atoms with Crippen LogP contribution >= 0.6 is 11.6 Å². The lowest BCUT2D eigenvalue weighted by atomic mass is 9.89. The fourth-order valence-electron chi connectivity index (χ4n) is 2.09. The summed E-state index contributed by atoms with van der Waals surface area (Å²) in [4.78, 5) is 0. The van der Waals surface area contributed by atoms with Crippen LogP contribution in [0.4, 0.5) is 4.39 Å². The van der Waals surface area contributed by atoms with Gasteiger partial charge < -0.3 is 5.32 Å². The van der Waals surface area contributed by atoms with E-state index in [1.54, 1.807) is 12.1 Å². The van der Waals surface area contributed by atoms with Crippen molar-refractivity contribution in [2.45, 2.75) is 34.1 Å². The highest BCUT2D eigenvalue weighted by Gasteiger charge is 2.18. The summed E-state index contributed by atoms with van der Waals surface area (Å²) in [6.07, 6.45) is 0.689. The lowest BCUT2D eigenvalue weighted by Crippen LogP contribution is -2.30. The van der Waals surface area contributed by atoms with E-state index in [2.05, 4.69) is 33.0 Å². The van der Waals surface area contributed by atoms with E-state index in [1.165, 1.54) is 6.07 Å². The zero-order valence-corrected chi connectivity index (χ0v) is 13.1. The molecule has 108 valence electrons. The van der Waals surface area contributed by atoms with Gasteiger partial charge in [-0.15, -0.1) is 0 Å². The van der Waals surface area contributed by atoms with Gasteiger partial charge in [-0.3, -0.25) is 0 Å². The van der Waals surface area contributed by atoms with Gasteiger partial charge in [-0.1, -0.05) is 45.4 Å². The summed E-state index contributed by atoms with van der Waals surface area (Å²) in [6, 6.07) is 4.90. The molecule has 0 spiro atoms. The van der Waals surface area contributed by atoms with Crippen molar-refractivity contribution in [2.24, 2.45) is 17.8 Å². The number of nitrogens with one attached hydrogen (secondary N) is 1. The number of halogens is 2. The molecule has 0 aliphatic rings. The summed E-state index contributed by atoms with van der Waals surface area (Å²) in [5, 5.41) is 4.00. The van der Waals surface area contributed by atoms with Crippen molar-refractivity contribution >= 4 is 11.6 Å². The van der Waals surface area contributed by atoms with Crippen LogP contribution in [0.2, 0.25) is 5.02 Å². The van der Waals surface area contributed by atoms with Crippen molar-refractivity contribution < 1.29 is 4.39 Å². The molecule has 1 atom stereocenters. The topological polar surface area (TPSA) is 12.0 Å². The third kappa shape index (κ3) is 5.50. The third-order valence-electron chi connectivity index (χ3n) is 3.43. The standard InChI is InChI=1S/C16H25ClFN/c1-11(2)9-19-10-13(12(3)4)8-14-15(17)6-5-7-16(14)18/h5-7,11-13,19H,8-10H2,1-4H3. The van der Waals surface area contributed by atoms with Crippen molar-refractivity contribution in [3.8, 4) is 0 Å². The molecule has 0 heterocycles. The Morgan fingerprint density at radius 1 is 1.16 bits per heavy atom. The minimum absolute atomic E-state index is 0.193. The third-order valence-corrected chi connectivity index (χ3v) is 3.78. The molecule has 1 rings (SSSR count). The normalized spacial score (nSPS) is 13.3. The van der Waals surface area contributed by atoms with Crippen molar-refractivity contribution in [1.82, 2.24) is 5.32 Å². The number of hydrogen-bond donors (Lipinski definition) is 1. The van der Waals surface area contributed by atoms with E-state index in [1.807, 2.05) is 0 Å². The van der Waals surface area contributed by atoms with E-state index in [0.717, 1.165) is 13.1 Å². The summed E-state index contributed by atoms with van der Waals surface area (Å²) in [6.45, 7) is 10.6. The van der Waals surface area contributed by atoms with Crippen LogP contribution in [0, 0.1) is 23.6 Å². The molecule has 0 aliphatic carbocycles. The van der Waals surface area contributed by atoms with E-state index < -0.39 is 0 Å². The Balaban J connectivity index is 2.68. The van der Waals surface area contributed by atoms with Gasteiger partial charge in [0.15, 0.2) is 0 Å². The Hall–Kier alpha value is -0.600. The number of rotatable bonds is 7. The van der Waals surface area contributed by atoms with Crippen LogP contribution in [0.15, 0.2) is 18.2 Å². The van der Waals surface area contributed by atoms with E-state index >= 15 is 0 Å². The molecule has 0 bridgehead atoms. The van der Waals surface area contributed by atoms with E-state index in [9.17, 15) is 4.39 Å². The van der Waals surface area contributed by atoms with E-state index in [-0.39, 0.29) is 5.82 Å². The fourth-order valence-corrected chi connectivity index (χ4v) is 2.33. The first kappa shape index (κ1) is 16.5. The highest BCUT2D eigenvalue weighted by Crippen LogP contribution is 2.25. The molecule has 1 aromatic carbocycles. The zero-order chi connectivity index (χ0) is 14.4. The van der Waals surface area contributed by atoms with Crippen LogP contribution in [0.5, 0.6) is 0 Å². The first-order chi connectivity index (χ1) is 8.91. The van der Waals surface area contributed by atoms with Gasteiger partial charge in [-0.05, 0) is 49.4 Å². The predicted molar refractivity (Wildman–Crippen MR) is 81.1 cm³/mol. The molecule has 0 aliphatic heterocycles. The Morgan fingerprint density at radius 2 is 1.84 bits per heavy atom. The predicted octanol–water partition coefficient (Wildman–Crippen LogP) is 4.54. The Labute approximate surface area is 121 Å². The molecule has 0 saturated heterocycles. The first-order valence-corrected chi connectivity index (χ1v) is 7.43. The maximum Gasteiger partial charge on any atom is 0.127 e. The average molecular weight is 286 g/mol. The SMILES string of the molecule is CC(C)CNCC(Cc1c(F)cccc1Cl)C(C)C. The van der Waals surface area contributed by atoms with Crippen molar-refractivity contribution in [3.63, 3.8) is 0 Å². The van der Waals surface area contributed by atoms with Gasteiger partial charge in [0.25, 0.3) is 0 Å². The summed E-state index contributed by atoms with van der Waals surface area (Å²) in [7, 11) is 0. The van der Waals surface area contributed by atoms with Crippen LogP contribution in [0.3, 0.4) is 0 Å². The molecule has 3 heteroatoms. The molecule has 1 N–H and O–H groups in total. The van der Waals surface area contributed by atoms with Gasteiger partial charge in [0, 0.05) is 10.6 Å². The minimum Gasteiger partial charge on any atom is -0.316 e. The zero-order valence-electron chi connectivity index (χ0n) is 12.3. The van der Waals surface area contributed by atoms with Gasteiger partial charge >= 0.3 is 0 Å². The Morgan fingerprint density at radius 3 is 2.37 bits per heavy atom. The maximum absolute atomic E-state index is 13.8. The summed E-state index contributed by atoms with van der Waals surface area (Å²) in [5.74, 6) is 1.33. The molecule has 0 saturated carbocycles. The summed E-state index contributed by atoms with van der Waals surface area (Å²) >= 11 is 6.10. The van der Waals surface area contributed by atoms with Gasteiger partial charge in [0.1, 0.15) is 5.82 Å². The molecule has 1 aromatic rings. The quantitative estimate of drug-likeness (QED) is 0.775. The second-order valence-electron chi connectivity index (χ2n) is 5.96. The van der Waals surface area contributed by atoms with Crippen LogP contribution in [-0.4, -0.2) is 13.1 Å². The maximum atomic E-state index is 13.8. The highest BCUT2D eigenvalue weighted by molar-refractivity contribution is 6.31. The van der Waals surface area contributed by atoms with Crippen LogP contribution in [-0.2, 0) is 6.42 Å². The molecular weight excluding hydrogens is 261 g/mol. The Bertz CT molecular complexity index is 370. The van der Waals surface area contributed by atoms with Crippen LogP contribution in [0.25, 0.3) is 0 Å². The Kier molecular flexibility index (Phi) is 6.81. The highest BCUT2D eigenvalue weighted by atomic mass is 35.5.